The Labute approximate surface area is 96.8 Å². The number of carbonyl (C=O) groups excluding carboxylic acids is 1. The van der Waals surface area contributed by atoms with Crippen LogP contribution in [0.15, 0.2) is 18.2 Å². The van der Waals surface area contributed by atoms with E-state index in [2.05, 4.69) is 5.32 Å². The molecular weight excluding hydrogens is 202 g/mol. The molecule has 0 fully saturated rings. The fraction of sp³-hybridized carbons (Fsp3) is 0.462. The van der Waals surface area contributed by atoms with Crippen LogP contribution in [0.1, 0.15) is 24.5 Å². The molecule has 3 nitrogen and oxygen atoms in total. The first-order valence-corrected chi connectivity index (χ1v) is 5.61. The van der Waals surface area contributed by atoms with Crippen LogP contribution in [0.4, 0.5) is 0 Å². The summed E-state index contributed by atoms with van der Waals surface area (Å²) in [7, 11) is 0. The molecule has 0 atom stereocenters. The van der Waals surface area contributed by atoms with Crippen LogP contribution in [-0.4, -0.2) is 19.1 Å². The molecule has 0 aliphatic rings. The molecule has 1 N–H and O–H groups in total. The van der Waals surface area contributed by atoms with E-state index in [1.54, 1.807) is 0 Å². The lowest BCUT2D eigenvalue weighted by atomic mass is 10.1. The number of carbonyl (C=O) groups is 1. The van der Waals surface area contributed by atoms with Crippen LogP contribution in [0.25, 0.3) is 0 Å². The maximum Gasteiger partial charge on any atom is 0.257 e. The molecule has 1 aromatic rings. The second kappa shape index (κ2) is 6.16. The van der Waals surface area contributed by atoms with Crippen molar-refractivity contribution in [3.8, 4) is 5.75 Å². The first-order chi connectivity index (χ1) is 7.65. The first kappa shape index (κ1) is 12.6. The summed E-state index contributed by atoms with van der Waals surface area (Å²) in [6.07, 6.45) is 0.940. The summed E-state index contributed by atoms with van der Waals surface area (Å²) in [5.74, 6) is 0.717. The van der Waals surface area contributed by atoms with E-state index < -0.39 is 0 Å². The highest BCUT2D eigenvalue weighted by atomic mass is 16.5. The molecule has 88 valence electrons. The molecule has 0 radical (unpaired) electrons. The molecule has 0 aromatic heterocycles. The average Bonchev–Trinajstić information content (AvgIpc) is 2.28. The molecule has 0 saturated carbocycles. The Morgan fingerprint density at radius 1 is 1.38 bits per heavy atom. The molecule has 0 spiro atoms. The Balaban J connectivity index is 2.48. The molecule has 0 saturated heterocycles. The number of ether oxygens (including phenoxy) is 1. The number of aryl methyl sites for hydroxylation is 1. The maximum absolute atomic E-state index is 11.3. The van der Waals surface area contributed by atoms with Gasteiger partial charge in [-0.25, -0.2) is 0 Å². The van der Waals surface area contributed by atoms with Crippen molar-refractivity contribution in [1.82, 2.24) is 5.32 Å². The van der Waals surface area contributed by atoms with Gasteiger partial charge in [-0.2, -0.15) is 0 Å². The standard InChI is InChI=1S/C13H19NO2/c1-4-8-14-13(15)9-16-12-7-5-6-10(2)11(12)3/h5-7H,4,8-9H2,1-3H3,(H,14,15). The fourth-order valence-electron chi connectivity index (χ4n) is 1.34. The summed E-state index contributed by atoms with van der Waals surface area (Å²) >= 11 is 0. The van der Waals surface area contributed by atoms with Crippen LogP contribution in [0.3, 0.4) is 0 Å². The molecular formula is C13H19NO2. The van der Waals surface area contributed by atoms with Crippen molar-refractivity contribution in [2.45, 2.75) is 27.2 Å². The zero-order valence-electron chi connectivity index (χ0n) is 10.2. The highest BCUT2D eigenvalue weighted by Gasteiger charge is 2.04. The van der Waals surface area contributed by atoms with E-state index in [1.165, 1.54) is 5.56 Å². The monoisotopic (exact) mass is 221 g/mol. The van der Waals surface area contributed by atoms with Crippen molar-refractivity contribution in [1.29, 1.82) is 0 Å². The smallest absolute Gasteiger partial charge is 0.257 e. The molecule has 16 heavy (non-hydrogen) atoms. The van der Waals surface area contributed by atoms with E-state index in [0.29, 0.717) is 6.54 Å². The van der Waals surface area contributed by atoms with E-state index in [1.807, 2.05) is 39.0 Å². The molecule has 0 unspecified atom stereocenters. The molecule has 1 aromatic carbocycles. The molecule has 1 amide bonds. The molecule has 0 bridgehead atoms. The van der Waals surface area contributed by atoms with Crippen molar-refractivity contribution in [2.24, 2.45) is 0 Å². The average molecular weight is 221 g/mol. The number of rotatable bonds is 5. The predicted octanol–water partition coefficient (Wildman–Crippen LogP) is 2.21. The SMILES string of the molecule is CCCNC(=O)COc1cccc(C)c1C. The zero-order chi connectivity index (χ0) is 12.0. The second-order valence-electron chi connectivity index (χ2n) is 3.84. The van der Waals surface area contributed by atoms with Gasteiger partial charge in [0.25, 0.3) is 5.91 Å². The summed E-state index contributed by atoms with van der Waals surface area (Å²) in [4.78, 5) is 11.3. The largest absolute Gasteiger partial charge is 0.483 e. The lowest BCUT2D eigenvalue weighted by molar-refractivity contribution is -0.123. The molecule has 0 aliphatic carbocycles. The van der Waals surface area contributed by atoms with Crippen LogP contribution >= 0.6 is 0 Å². The van der Waals surface area contributed by atoms with Gasteiger partial charge in [-0.15, -0.1) is 0 Å². The van der Waals surface area contributed by atoms with E-state index in [0.717, 1.165) is 17.7 Å². The lowest BCUT2D eigenvalue weighted by Gasteiger charge is -2.10. The van der Waals surface area contributed by atoms with Gasteiger partial charge in [-0.1, -0.05) is 19.1 Å². The third-order valence-electron chi connectivity index (χ3n) is 2.49. The topological polar surface area (TPSA) is 38.3 Å². The molecule has 0 heterocycles. The number of nitrogens with one attached hydrogen (secondary N) is 1. The zero-order valence-corrected chi connectivity index (χ0v) is 10.2. The van der Waals surface area contributed by atoms with Crippen molar-refractivity contribution in [3.63, 3.8) is 0 Å². The van der Waals surface area contributed by atoms with Gasteiger partial charge in [0.05, 0.1) is 0 Å². The summed E-state index contributed by atoms with van der Waals surface area (Å²) in [5.41, 5.74) is 2.26. The predicted molar refractivity (Wildman–Crippen MR) is 64.7 cm³/mol. The minimum absolute atomic E-state index is 0.0669. The molecule has 0 aliphatic heterocycles. The van der Waals surface area contributed by atoms with Crippen molar-refractivity contribution in [3.05, 3.63) is 29.3 Å². The van der Waals surface area contributed by atoms with E-state index in [-0.39, 0.29) is 12.5 Å². The van der Waals surface area contributed by atoms with Crippen LogP contribution < -0.4 is 10.1 Å². The van der Waals surface area contributed by atoms with Crippen molar-refractivity contribution in [2.75, 3.05) is 13.2 Å². The number of benzene rings is 1. The Morgan fingerprint density at radius 3 is 2.81 bits per heavy atom. The summed E-state index contributed by atoms with van der Waals surface area (Å²) in [5, 5.41) is 2.77. The Morgan fingerprint density at radius 2 is 2.12 bits per heavy atom. The minimum Gasteiger partial charge on any atom is -0.483 e. The highest BCUT2D eigenvalue weighted by molar-refractivity contribution is 5.77. The number of amides is 1. The number of hydrogen-bond donors (Lipinski definition) is 1. The van der Waals surface area contributed by atoms with Crippen molar-refractivity contribution < 1.29 is 9.53 Å². The third kappa shape index (κ3) is 3.57. The van der Waals surface area contributed by atoms with Crippen LogP contribution in [-0.2, 0) is 4.79 Å². The minimum atomic E-state index is -0.0669. The van der Waals surface area contributed by atoms with Crippen LogP contribution in [0, 0.1) is 13.8 Å². The van der Waals surface area contributed by atoms with Gasteiger partial charge < -0.3 is 10.1 Å². The Hall–Kier alpha value is -1.51. The van der Waals surface area contributed by atoms with Crippen LogP contribution in [0.5, 0.6) is 5.75 Å². The number of hydrogen-bond acceptors (Lipinski definition) is 2. The molecule has 1 rings (SSSR count). The summed E-state index contributed by atoms with van der Waals surface area (Å²) in [6.45, 7) is 6.83. The van der Waals surface area contributed by atoms with E-state index >= 15 is 0 Å². The van der Waals surface area contributed by atoms with Gasteiger partial charge in [-0.05, 0) is 37.5 Å². The summed E-state index contributed by atoms with van der Waals surface area (Å²) in [6, 6.07) is 5.84. The van der Waals surface area contributed by atoms with Gasteiger partial charge >= 0.3 is 0 Å². The van der Waals surface area contributed by atoms with Gasteiger partial charge in [0.15, 0.2) is 6.61 Å². The molecule has 3 heteroatoms. The van der Waals surface area contributed by atoms with E-state index in [4.69, 9.17) is 4.74 Å². The van der Waals surface area contributed by atoms with Gasteiger partial charge in [0.1, 0.15) is 5.75 Å². The normalized spacial score (nSPS) is 9.94. The van der Waals surface area contributed by atoms with Crippen LogP contribution in [0.2, 0.25) is 0 Å². The second-order valence-corrected chi connectivity index (χ2v) is 3.84. The van der Waals surface area contributed by atoms with Gasteiger partial charge in [-0.3, -0.25) is 4.79 Å². The Kier molecular flexibility index (Phi) is 4.83. The quantitative estimate of drug-likeness (QED) is 0.827. The third-order valence-corrected chi connectivity index (χ3v) is 2.49. The lowest BCUT2D eigenvalue weighted by Crippen LogP contribution is -2.29. The van der Waals surface area contributed by atoms with E-state index in [9.17, 15) is 4.79 Å². The Bertz CT molecular complexity index is 361. The highest BCUT2D eigenvalue weighted by Crippen LogP contribution is 2.20. The maximum atomic E-state index is 11.3. The fourth-order valence-corrected chi connectivity index (χ4v) is 1.34. The van der Waals surface area contributed by atoms with Gasteiger partial charge in [0.2, 0.25) is 0 Å². The van der Waals surface area contributed by atoms with Gasteiger partial charge in [0, 0.05) is 6.54 Å². The first-order valence-electron chi connectivity index (χ1n) is 5.61. The summed E-state index contributed by atoms with van der Waals surface area (Å²) < 4.78 is 5.46. The van der Waals surface area contributed by atoms with Crippen molar-refractivity contribution >= 4 is 5.91 Å².